The van der Waals surface area contributed by atoms with Crippen LogP contribution >= 0.6 is 0 Å². The molecule has 0 spiro atoms. The van der Waals surface area contributed by atoms with Crippen LogP contribution in [0.4, 0.5) is 21.8 Å². The van der Waals surface area contributed by atoms with Crippen LogP contribution in [0.15, 0.2) is 35.5 Å². The van der Waals surface area contributed by atoms with E-state index in [1.165, 1.54) is 15.6 Å². The monoisotopic (exact) mass is 373 g/mol. The average molecular weight is 373 g/mol. The number of aromatic nitrogens is 5. The smallest absolute Gasteiger partial charge is 0.350 e. The highest BCUT2D eigenvalue weighted by molar-refractivity contribution is 5.60. The lowest BCUT2D eigenvalue weighted by atomic mass is 10.1. The lowest BCUT2D eigenvalue weighted by Crippen LogP contribution is -2.34. The lowest BCUT2D eigenvalue weighted by Gasteiger charge is -2.15. The zero-order chi connectivity index (χ0) is 19.8. The van der Waals surface area contributed by atoms with E-state index in [1.54, 1.807) is 26.0 Å². The SMILES string of the molecule is Cc1ccc(Nc2ncc(F)c(N)n2)cc1-n1cnn(CC(C)(C)O)c1=O. The van der Waals surface area contributed by atoms with Gasteiger partial charge < -0.3 is 16.2 Å². The molecule has 0 saturated heterocycles. The fourth-order valence-corrected chi connectivity index (χ4v) is 2.49. The van der Waals surface area contributed by atoms with Crippen LogP contribution in [0.25, 0.3) is 5.69 Å². The molecule has 3 aromatic rings. The summed E-state index contributed by atoms with van der Waals surface area (Å²) < 4.78 is 15.8. The first kappa shape index (κ1) is 18.5. The summed E-state index contributed by atoms with van der Waals surface area (Å²) in [6, 6.07) is 5.30. The van der Waals surface area contributed by atoms with Crippen LogP contribution in [0.1, 0.15) is 19.4 Å². The van der Waals surface area contributed by atoms with Gasteiger partial charge in [0.05, 0.1) is 24.0 Å². The van der Waals surface area contributed by atoms with Crippen LogP contribution < -0.4 is 16.7 Å². The summed E-state index contributed by atoms with van der Waals surface area (Å²) in [5.41, 5.74) is 6.03. The second kappa shape index (κ2) is 6.80. The fraction of sp³-hybridized carbons (Fsp3) is 0.294. The first-order valence-electron chi connectivity index (χ1n) is 8.17. The highest BCUT2D eigenvalue weighted by Crippen LogP contribution is 2.21. The second-order valence-electron chi connectivity index (χ2n) is 6.81. The maximum Gasteiger partial charge on any atom is 0.350 e. The summed E-state index contributed by atoms with van der Waals surface area (Å²) in [6.07, 6.45) is 2.37. The van der Waals surface area contributed by atoms with Gasteiger partial charge in [-0.05, 0) is 38.5 Å². The molecule has 0 bridgehead atoms. The number of halogens is 1. The molecular weight excluding hydrogens is 353 g/mol. The van der Waals surface area contributed by atoms with Gasteiger partial charge in [0, 0.05) is 5.69 Å². The molecule has 0 saturated carbocycles. The molecule has 0 aliphatic carbocycles. The van der Waals surface area contributed by atoms with Crippen LogP contribution in [0, 0.1) is 12.7 Å². The molecule has 0 aliphatic heterocycles. The molecule has 0 radical (unpaired) electrons. The highest BCUT2D eigenvalue weighted by Gasteiger charge is 2.18. The van der Waals surface area contributed by atoms with Crippen molar-refractivity contribution in [1.29, 1.82) is 0 Å². The summed E-state index contributed by atoms with van der Waals surface area (Å²) in [4.78, 5) is 20.3. The molecule has 2 heterocycles. The van der Waals surface area contributed by atoms with Gasteiger partial charge in [0.25, 0.3) is 0 Å². The van der Waals surface area contributed by atoms with Gasteiger partial charge in [-0.25, -0.2) is 23.4 Å². The van der Waals surface area contributed by atoms with E-state index in [1.807, 2.05) is 13.0 Å². The van der Waals surface area contributed by atoms with E-state index in [0.29, 0.717) is 11.4 Å². The number of aliphatic hydroxyl groups is 1. The van der Waals surface area contributed by atoms with Crippen LogP contribution in [0.5, 0.6) is 0 Å². The van der Waals surface area contributed by atoms with E-state index in [0.717, 1.165) is 11.8 Å². The van der Waals surface area contributed by atoms with E-state index in [4.69, 9.17) is 5.73 Å². The number of nitrogens with one attached hydrogen (secondary N) is 1. The minimum atomic E-state index is -1.07. The molecule has 0 atom stereocenters. The third-order valence-corrected chi connectivity index (χ3v) is 3.77. The number of aryl methyl sites for hydroxylation is 1. The van der Waals surface area contributed by atoms with Gasteiger partial charge in [0.2, 0.25) is 5.95 Å². The summed E-state index contributed by atoms with van der Waals surface area (Å²) in [6.45, 7) is 5.12. The van der Waals surface area contributed by atoms with Crippen molar-refractivity contribution in [2.75, 3.05) is 11.1 Å². The minimum Gasteiger partial charge on any atom is -0.389 e. The van der Waals surface area contributed by atoms with Gasteiger partial charge in [-0.2, -0.15) is 10.1 Å². The first-order chi connectivity index (χ1) is 12.6. The van der Waals surface area contributed by atoms with E-state index in [9.17, 15) is 14.3 Å². The van der Waals surface area contributed by atoms with Crippen LogP contribution in [0.3, 0.4) is 0 Å². The lowest BCUT2D eigenvalue weighted by molar-refractivity contribution is 0.0564. The van der Waals surface area contributed by atoms with Gasteiger partial charge in [-0.1, -0.05) is 6.07 Å². The number of nitrogens with two attached hydrogens (primary N) is 1. The number of hydrogen-bond donors (Lipinski definition) is 3. The first-order valence-corrected chi connectivity index (χ1v) is 8.17. The van der Waals surface area contributed by atoms with Gasteiger partial charge >= 0.3 is 5.69 Å². The zero-order valence-corrected chi connectivity index (χ0v) is 15.1. The molecule has 3 rings (SSSR count). The Hall–Kier alpha value is -3.27. The molecule has 27 heavy (non-hydrogen) atoms. The summed E-state index contributed by atoms with van der Waals surface area (Å²) in [5.74, 6) is -0.825. The van der Waals surface area contributed by atoms with Gasteiger partial charge in [-0.3, -0.25) is 0 Å². The van der Waals surface area contributed by atoms with Crippen molar-refractivity contribution in [1.82, 2.24) is 24.3 Å². The maximum absolute atomic E-state index is 13.2. The van der Waals surface area contributed by atoms with Gasteiger partial charge in [0.15, 0.2) is 11.6 Å². The summed E-state index contributed by atoms with van der Waals surface area (Å²) in [5, 5.41) is 16.9. The molecule has 10 heteroatoms. The largest absolute Gasteiger partial charge is 0.389 e. The van der Waals surface area contributed by atoms with Crippen molar-refractivity contribution >= 4 is 17.5 Å². The normalized spacial score (nSPS) is 11.6. The number of hydrogen-bond acceptors (Lipinski definition) is 7. The van der Waals surface area contributed by atoms with Gasteiger partial charge in [-0.15, -0.1) is 0 Å². The molecule has 4 N–H and O–H groups in total. The summed E-state index contributed by atoms with van der Waals surface area (Å²) >= 11 is 0. The second-order valence-corrected chi connectivity index (χ2v) is 6.81. The quantitative estimate of drug-likeness (QED) is 0.617. The third-order valence-electron chi connectivity index (χ3n) is 3.77. The Morgan fingerprint density at radius 3 is 2.78 bits per heavy atom. The van der Waals surface area contributed by atoms with Crippen LogP contribution in [0.2, 0.25) is 0 Å². The zero-order valence-electron chi connectivity index (χ0n) is 15.1. The minimum absolute atomic E-state index is 0.0680. The highest BCUT2D eigenvalue weighted by atomic mass is 19.1. The topological polar surface area (TPSA) is 124 Å². The number of nitrogens with zero attached hydrogens (tertiary/aromatic N) is 5. The Kier molecular flexibility index (Phi) is 4.66. The predicted octanol–water partition coefficient (Wildman–Crippen LogP) is 1.37. The van der Waals surface area contributed by atoms with Crippen molar-refractivity contribution in [3.63, 3.8) is 0 Å². The Labute approximate surface area is 154 Å². The molecule has 9 nitrogen and oxygen atoms in total. The predicted molar refractivity (Wildman–Crippen MR) is 98.5 cm³/mol. The van der Waals surface area contributed by atoms with E-state index < -0.39 is 11.4 Å². The average Bonchev–Trinajstić information content (AvgIpc) is 2.92. The molecule has 0 aliphatic rings. The number of rotatable bonds is 5. The van der Waals surface area contributed by atoms with Crippen molar-refractivity contribution in [3.8, 4) is 5.69 Å². The molecule has 0 unspecified atom stereocenters. The number of benzene rings is 1. The molecule has 0 amide bonds. The number of anilines is 3. The Balaban J connectivity index is 1.94. The van der Waals surface area contributed by atoms with Crippen molar-refractivity contribution in [3.05, 3.63) is 52.6 Å². The Morgan fingerprint density at radius 1 is 1.37 bits per heavy atom. The number of nitrogen functional groups attached to an aromatic ring is 1. The Bertz CT molecular complexity index is 1040. The van der Waals surface area contributed by atoms with Crippen LogP contribution in [-0.2, 0) is 6.54 Å². The fourth-order valence-electron chi connectivity index (χ4n) is 2.49. The van der Waals surface area contributed by atoms with E-state index in [2.05, 4.69) is 20.4 Å². The molecule has 142 valence electrons. The van der Waals surface area contributed by atoms with Gasteiger partial charge in [0.1, 0.15) is 6.33 Å². The molecular formula is C17H20FN7O2. The molecule has 0 fully saturated rings. The standard InChI is InChI=1S/C17H20FN7O2/c1-10-4-5-11(22-15-20-7-12(18)14(19)23-15)6-13(10)24-9-21-25(16(24)26)8-17(2,3)27/h4-7,9,27H,8H2,1-3H3,(H3,19,20,22,23). The summed E-state index contributed by atoms with van der Waals surface area (Å²) in [7, 11) is 0. The maximum atomic E-state index is 13.2. The van der Waals surface area contributed by atoms with E-state index in [-0.39, 0.29) is 24.0 Å². The third kappa shape index (κ3) is 4.11. The van der Waals surface area contributed by atoms with Crippen molar-refractivity contribution < 1.29 is 9.50 Å². The van der Waals surface area contributed by atoms with E-state index >= 15 is 0 Å². The Morgan fingerprint density at radius 2 is 2.11 bits per heavy atom. The van der Waals surface area contributed by atoms with Crippen LogP contribution in [-0.4, -0.2) is 35.0 Å². The molecule has 1 aromatic carbocycles. The molecule has 2 aromatic heterocycles. The van der Waals surface area contributed by atoms with Crippen molar-refractivity contribution in [2.24, 2.45) is 0 Å². The van der Waals surface area contributed by atoms with Crippen molar-refractivity contribution in [2.45, 2.75) is 32.9 Å².